The summed E-state index contributed by atoms with van der Waals surface area (Å²) in [6.07, 6.45) is 3.65. The number of nitrogens with zero attached hydrogens (tertiary/aromatic N) is 1. The Kier molecular flexibility index (Phi) is 7.42. The number of hydrogen-bond acceptors (Lipinski definition) is 7. The third-order valence-electron chi connectivity index (χ3n) is 4.97. The first-order chi connectivity index (χ1) is 14.9. The van der Waals surface area contributed by atoms with Crippen LogP contribution in [0.15, 0.2) is 40.8 Å². The second kappa shape index (κ2) is 10.0. The van der Waals surface area contributed by atoms with Crippen molar-refractivity contribution >= 4 is 29.7 Å². The van der Waals surface area contributed by atoms with Gasteiger partial charge in [0, 0.05) is 23.1 Å². The summed E-state index contributed by atoms with van der Waals surface area (Å²) in [5.41, 5.74) is 1.65. The van der Waals surface area contributed by atoms with Gasteiger partial charge in [0.05, 0.1) is 18.8 Å². The lowest BCUT2D eigenvalue weighted by atomic mass is 9.88. The van der Waals surface area contributed by atoms with Gasteiger partial charge in [0.25, 0.3) is 0 Å². The number of nitriles is 1. The van der Waals surface area contributed by atoms with Crippen LogP contribution in [0.25, 0.3) is 6.08 Å². The number of carbonyl (C=O) groups is 2. The highest BCUT2D eigenvalue weighted by molar-refractivity contribution is 8.05. The predicted molar refractivity (Wildman–Crippen MR) is 120 cm³/mol. The highest BCUT2D eigenvalue weighted by Gasteiger charge is 2.56. The van der Waals surface area contributed by atoms with Crippen molar-refractivity contribution in [3.8, 4) is 11.8 Å². The Morgan fingerprint density at radius 1 is 1.42 bits per heavy atom. The van der Waals surface area contributed by atoms with Gasteiger partial charge in [0.2, 0.25) is 10.8 Å². The maximum absolute atomic E-state index is 13.0. The fourth-order valence-electron chi connectivity index (χ4n) is 3.67. The minimum Gasteiger partial charge on any atom is -0.490 e. The quantitative estimate of drug-likeness (QED) is 0.495. The van der Waals surface area contributed by atoms with Gasteiger partial charge < -0.3 is 20.1 Å². The molecular weight excluding hydrogens is 414 g/mol. The van der Waals surface area contributed by atoms with Crippen molar-refractivity contribution < 1.29 is 19.1 Å². The number of hydrogen-bond donors (Lipinski definition) is 2. The number of amides is 1. The van der Waals surface area contributed by atoms with Crippen LogP contribution in [0.3, 0.4) is 0 Å². The molecule has 164 valence electrons. The van der Waals surface area contributed by atoms with Crippen LogP contribution in [-0.2, 0) is 14.3 Å². The lowest BCUT2D eigenvalue weighted by Gasteiger charge is -2.30. The van der Waals surface area contributed by atoms with E-state index >= 15 is 0 Å². The molecule has 2 heterocycles. The van der Waals surface area contributed by atoms with Crippen molar-refractivity contribution in [2.45, 2.75) is 38.2 Å². The maximum Gasteiger partial charge on any atom is 0.344 e. The van der Waals surface area contributed by atoms with Crippen LogP contribution in [0, 0.1) is 17.2 Å². The number of nitrogens with one attached hydrogen (secondary N) is 2. The lowest BCUT2D eigenvalue weighted by molar-refractivity contribution is -0.149. The molecule has 0 saturated heterocycles. The van der Waals surface area contributed by atoms with E-state index in [1.165, 1.54) is 17.8 Å². The average molecular weight is 442 g/mol. The Balaban J connectivity index is 1.85. The summed E-state index contributed by atoms with van der Waals surface area (Å²) in [6, 6.07) is 9.63. The summed E-state index contributed by atoms with van der Waals surface area (Å²) in [7, 11) is 0. The van der Waals surface area contributed by atoms with E-state index in [-0.39, 0.29) is 12.7 Å². The third-order valence-corrected chi connectivity index (χ3v) is 6.45. The number of ether oxygens (including phenoxy) is 2. The first-order valence-corrected chi connectivity index (χ1v) is 11.2. The van der Waals surface area contributed by atoms with E-state index in [1.54, 1.807) is 13.0 Å². The Morgan fingerprint density at radius 3 is 2.90 bits per heavy atom. The zero-order valence-corrected chi connectivity index (χ0v) is 18.8. The van der Waals surface area contributed by atoms with Crippen molar-refractivity contribution in [2.24, 2.45) is 5.92 Å². The van der Waals surface area contributed by atoms with E-state index < -0.39 is 22.7 Å². The molecule has 8 heteroatoms. The van der Waals surface area contributed by atoms with Gasteiger partial charge in [-0.15, -0.1) is 0 Å². The largest absolute Gasteiger partial charge is 0.490 e. The molecule has 3 rings (SSSR count). The number of carbonyl (C=O) groups excluding carboxylic acids is 2. The monoisotopic (exact) mass is 441 g/mol. The van der Waals surface area contributed by atoms with Crippen LogP contribution >= 0.6 is 11.8 Å². The highest BCUT2D eigenvalue weighted by atomic mass is 32.2. The van der Waals surface area contributed by atoms with Gasteiger partial charge in [-0.25, -0.2) is 4.79 Å². The fraction of sp³-hybridized carbons (Fsp3) is 0.435. The zero-order chi connectivity index (χ0) is 22.4. The molecule has 7 nitrogen and oxygen atoms in total. The van der Waals surface area contributed by atoms with E-state index in [0.717, 1.165) is 22.6 Å². The first kappa shape index (κ1) is 22.9. The smallest absolute Gasteiger partial charge is 0.344 e. The molecule has 2 N–H and O–H groups in total. The molecule has 1 aromatic carbocycles. The lowest BCUT2D eigenvalue weighted by Crippen LogP contribution is -2.55. The van der Waals surface area contributed by atoms with E-state index in [4.69, 9.17) is 9.47 Å². The molecule has 0 fully saturated rings. The number of esters is 1. The molecule has 2 aliphatic rings. The Labute approximate surface area is 186 Å². The van der Waals surface area contributed by atoms with Crippen molar-refractivity contribution in [1.82, 2.24) is 10.6 Å². The summed E-state index contributed by atoms with van der Waals surface area (Å²) in [5, 5.41) is 15.9. The maximum atomic E-state index is 13.0. The topological polar surface area (TPSA) is 100 Å². The highest BCUT2D eigenvalue weighted by Crippen LogP contribution is 2.51. The van der Waals surface area contributed by atoms with Crippen LogP contribution in [0.5, 0.6) is 5.75 Å². The number of para-hydroxylation sites is 1. The summed E-state index contributed by atoms with van der Waals surface area (Å²) in [6.45, 7) is 7.03. The Bertz CT molecular complexity index is 950. The molecule has 1 aromatic rings. The zero-order valence-electron chi connectivity index (χ0n) is 17.9. The van der Waals surface area contributed by atoms with E-state index in [9.17, 15) is 14.9 Å². The molecule has 2 unspecified atom stereocenters. The minimum atomic E-state index is -1.49. The SMILES string of the molecule is CCOC(=O)C1(NC(=O)/C=C/c2ccccc2OC(C)C)SC2=C(CCNC2)C1C#N. The number of benzene rings is 1. The summed E-state index contributed by atoms with van der Waals surface area (Å²) in [5.74, 6) is -1.20. The van der Waals surface area contributed by atoms with Gasteiger partial charge in [-0.1, -0.05) is 30.0 Å². The fourth-order valence-corrected chi connectivity index (χ4v) is 5.19. The average Bonchev–Trinajstić information content (AvgIpc) is 3.06. The van der Waals surface area contributed by atoms with E-state index in [2.05, 4.69) is 16.7 Å². The predicted octanol–water partition coefficient (Wildman–Crippen LogP) is 3.00. The van der Waals surface area contributed by atoms with Gasteiger partial charge in [-0.2, -0.15) is 5.26 Å². The molecule has 0 spiro atoms. The van der Waals surface area contributed by atoms with Gasteiger partial charge in [-0.05, 0) is 51.5 Å². The van der Waals surface area contributed by atoms with Crippen LogP contribution < -0.4 is 15.4 Å². The normalized spacial score (nSPS) is 22.9. The second-order valence-electron chi connectivity index (χ2n) is 7.52. The molecule has 31 heavy (non-hydrogen) atoms. The van der Waals surface area contributed by atoms with Crippen LogP contribution in [0.4, 0.5) is 0 Å². The first-order valence-electron chi connectivity index (χ1n) is 10.4. The van der Waals surface area contributed by atoms with E-state index in [0.29, 0.717) is 18.7 Å². The standard InChI is InChI=1S/C23H27N3O4S/c1-4-29-22(28)23(18(13-24)17-11-12-25-14-20(17)31-23)26-21(27)10-9-16-7-5-6-8-19(16)30-15(2)3/h5-10,15,18,25H,4,11-12,14H2,1-3H3,(H,26,27)/b10-9+. The van der Waals surface area contributed by atoms with E-state index in [1.807, 2.05) is 38.1 Å². The third kappa shape index (κ3) is 4.94. The molecular formula is C23H27N3O4S. The van der Waals surface area contributed by atoms with Gasteiger partial charge in [0.1, 0.15) is 11.7 Å². The molecule has 2 atom stereocenters. The summed E-state index contributed by atoms with van der Waals surface area (Å²) >= 11 is 1.21. The van der Waals surface area contributed by atoms with Gasteiger partial charge in [-0.3, -0.25) is 4.79 Å². The molecule has 0 saturated carbocycles. The Morgan fingerprint density at radius 2 is 2.19 bits per heavy atom. The van der Waals surface area contributed by atoms with Crippen molar-refractivity contribution in [3.05, 3.63) is 46.4 Å². The number of thioether (sulfide) groups is 1. The summed E-state index contributed by atoms with van der Waals surface area (Å²) < 4.78 is 11.1. The second-order valence-corrected chi connectivity index (χ2v) is 8.86. The van der Waals surface area contributed by atoms with Crippen LogP contribution in [-0.4, -0.2) is 42.5 Å². The molecule has 0 radical (unpaired) electrons. The van der Waals surface area contributed by atoms with Crippen molar-refractivity contribution in [3.63, 3.8) is 0 Å². The number of rotatable bonds is 7. The molecule has 0 aliphatic carbocycles. The molecule has 0 bridgehead atoms. The van der Waals surface area contributed by atoms with Crippen LogP contribution in [0.2, 0.25) is 0 Å². The molecule has 0 aromatic heterocycles. The van der Waals surface area contributed by atoms with Crippen molar-refractivity contribution in [2.75, 3.05) is 19.7 Å². The van der Waals surface area contributed by atoms with Crippen LogP contribution in [0.1, 0.15) is 32.8 Å². The molecule has 2 aliphatic heterocycles. The van der Waals surface area contributed by atoms with Gasteiger partial charge >= 0.3 is 5.97 Å². The van der Waals surface area contributed by atoms with Gasteiger partial charge in [0.15, 0.2) is 0 Å². The molecule has 1 amide bonds. The summed E-state index contributed by atoms with van der Waals surface area (Å²) in [4.78, 5) is 25.3. The minimum absolute atomic E-state index is 0.00672. The Hall–Kier alpha value is -2.76. The van der Waals surface area contributed by atoms with Crippen molar-refractivity contribution in [1.29, 1.82) is 5.26 Å².